The van der Waals surface area contributed by atoms with Gasteiger partial charge < -0.3 is 35.3 Å². The summed E-state index contributed by atoms with van der Waals surface area (Å²) in [6.07, 6.45) is 3.57. The largest absolute Gasteiger partial charge is 0.489 e. The predicted molar refractivity (Wildman–Crippen MR) is 260 cm³/mol. The molecular weight excluding hydrogens is 851 g/mol. The summed E-state index contributed by atoms with van der Waals surface area (Å²) in [5.41, 5.74) is 7.39. The number of aliphatic hydroxyl groups excluding tert-OH is 1. The lowest BCUT2D eigenvalue weighted by Crippen LogP contribution is -2.47. The molecule has 0 spiro atoms. The molecule has 0 bridgehead atoms. The molecule has 1 aliphatic rings. The Bertz CT molecular complexity index is 2320. The smallest absolute Gasteiger partial charge is 0.407 e. The lowest BCUT2D eigenvalue weighted by molar-refractivity contribution is -0.147. The van der Waals surface area contributed by atoms with E-state index >= 15 is 0 Å². The van der Waals surface area contributed by atoms with Crippen molar-refractivity contribution in [1.29, 1.82) is 0 Å². The van der Waals surface area contributed by atoms with E-state index in [2.05, 4.69) is 41.2 Å². The summed E-state index contributed by atoms with van der Waals surface area (Å²) in [7, 11) is 0. The summed E-state index contributed by atoms with van der Waals surface area (Å²) in [5, 5.41) is 18.8. The minimum absolute atomic E-state index is 0.0833. The Morgan fingerprint density at radius 3 is 1.97 bits per heavy atom. The third-order valence-corrected chi connectivity index (χ3v) is 12.5. The molecule has 5 aromatic carbocycles. The number of alkyl carbamates (subject to hydrolysis) is 1. The standard InChI is InChI=1S/C54H59N3O8S/c1-3-5-25-50(57-54(62)65-35-49-47-23-14-12-21-45(47)46-22-13-15-24-48(46)49)53(61)64-34-43(37-66-36-40-19-10-7-11-20-40)56-52(60)41(16-4-2)31-51(59)55-42(32-58)30-38-26-28-44(29-27-38)63-33-39-17-8-6-9-18-39/h3-4,6-15,17-24,26-29,41-43,49-50,58H,1-2,5,16,25,30-37H2,(H,55,59)(H,56,60)(H,57,62). The highest BCUT2D eigenvalue weighted by Crippen LogP contribution is 2.44. The molecule has 66 heavy (non-hydrogen) atoms. The fraction of sp³-hybridized carbons (Fsp3) is 0.296. The van der Waals surface area contributed by atoms with Gasteiger partial charge in [-0.15, -0.1) is 13.2 Å². The summed E-state index contributed by atoms with van der Waals surface area (Å²) < 4.78 is 17.4. The van der Waals surface area contributed by atoms with Gasteiger partial charge in [0.05, 0.1) is 24.6 Å². The fourth-order valence-corrected chi connectivity index (χ4v) is 8.86. The average molecular weight is 910 g/mol. The average Bonchev–Trinajstić information content (AvgIpc) is 3.67. The lowest BCUT2D eigenvalue weighted by Gasteiger charge is -2.24. The van der Waals surface area contributed by atoms with E-state index < -0.39 is 47.9 Å². The molecule has 3 amide bonds. The zero-order valence-corrected chi connectivity index (χ0v) is 38.0. The van der Waals surface area contributed by atoms with Crippen LogP contribution in [0, 0.1) is 5.92 Å². The number of hydrogen-bond acceptors (Lipinski definition) is 9. The molecule has 0 saturated carbocycles. The van der Waals surface area contributed by atoms with Crippen LogP contribution in [0.15, 0.2) is 159 Å². The lowest BCUT2D eigenvalue weighted by atomic mass is 9.98. The Balaban J connectivity index is 1.03. The van der Waals surface area contributed by atoms with E-state index in [-0.39, 0.29) is 45.0 Å². The van der Waals surface area contributed by atoms with Crippen molar-refractivity contribution in [2.75, 3.05) is 25.6 Å². The van der Waals surface area contributed by atoms with Crippen molar-refractivity contribution in [3.05, 3.63) is 187 Å². The summed E-state index contributed by atoms with van der Waals surface area (Å²) >= 11 is 1.56. The van der Waals surface area contributed by atoms with Gasteiger partial charge in [-0.2, -0.15) is 11.8 Å². The molecule has 0 fully saturated rings. The van der Waals surface area contributed by atoms with Crippen LogP contribution in [-0.4, -0.2) is 72.7 Å². The van der Waals surface area contributed by atoms with Gasteiger partial charge in [0, 0.05) is 23.8 Å². The molecule has 12 heteroatoms. The van der Waals surface area contributed by atoms with E-state index in [9.17, 15) is 24.3 Å². The van der Waals surface area contributed by atoms with Gasteiger partial charge in [0.1, 0.15) is 31.6 Å². The molecule has 344 valence electrons. The number of esters is 1. The van der Waals surface area contributed by atoms with Crippen molar-refractivity contribution in [2.24, 2.45) is 5.92 Å². The van der Waals surface area contributed by atoms with Gasteiger partial charge >= 0.3 is 12.1 Å². The van der Waals surface area contributed by atoms with Crippen molar-refractivity contribution in [3.63, 3.8) is 0 Å². The molecule has 6 rings (SSSR count). The van der Waals surface area contributed by atoms with E-state index in [4.69, 9.17) is 14.2 Å². The zero-order valence-electron chi connectivity index (χ0n) is 37.1. The third-order valence-electron chi connectivity index (χ3n) is 11.3. The highest BCUT2D eigenvalue weighted by molar-refractivity contribution is 7.98. The maximum Gasteiger partial charge on any atom is 0.407 e. The van der Waals surface area contributed by atoms with Crippen LogP contribution in [0.4, 0.5) is 4.79 Å². The maximum atomic E-state index is 13.9. The van der Waals surface area contributed by atoms with Crippen LogP contribution >= 0.6 is 11.8 Å². The number of ether oxygens (including phenoxy) is 3. The Morgan fingerprint density at radius 2 is 1.33 bits per heavy atom. The molecule has 5 aromatic rings. The number of aliphatic hydroxyl groups is 1. The number of benzene rings is 5. The van der Waals surface area contributed by atoms with Gasteiger partial charge in [-0.1, -0.05) is 133 Å². The number of fused-ring (bicyclic) bond motifs is 3. The number of thioether (sulfide) groups is 1. The van der Waals surface area contributed by atoms with Crippen molar-refractivity contribution in [2.45, 2.75) is 68.5 Å². The second kappa shape index (κ2) is 25.8. The number of amides is 3. The number of hydrogen-bond donors (Lipinski definition) is 4. The van der Waals surface area contributed by atoms with Gasteiger partial charge in [-0.05, 0) is 76.8 Å². The summed E-state index contributed by atoms with van der Waals surface area (Å²) in [4.78, 5) is 54.2. The summed E-state index contributed by atoms with van der Waals surface area (Å²) in [6, 6.07) is 41.1. The number of carbonyl (C=O) groups is 4. The highest BCUT2D eigenvalue weighted by atomic mass is 32.2. The van der Waals surface area contributed by atoms with Crippen molar-refractivity contribution < 1.29 is 38.5 Å². The minimum Gasteiger partial charge on any atom is -0.489 e. The Labute approximate surface area is 392 Å². The normalized spacial score (nSPS) is 13.4. The summed E-state index contributed by atoms with van der Waals surface area (Å²) in [6.45, 7) is 7.64. The Hall–Kier alpha value is -6.63. The predicted octanol–water partition coefficient (Wildman–Crippen LogP) is 8.70. The molecule has 0 saturated heterocycles. The molecule has 4 unspecified atom stereocenters. The van der Waals surface area contributed by atoms with Crippen LogP contribution in [0.2, 0.25) is 0 Å². The van der Waals surface area contributed by atoms with Gasteiger partial charge in [0.25, 0.3) is 0 Å². The molecule has 11 nitrogen and oxygen atoms in total. The van der Waals surface area contributed by atoms with E-state index in [0.29, 0.717) is 36.7 Å². The topological polar surface area (TPSA) is 152 Å². The zero-order chi connectivity index (χ0) is 46.5. The van der Waals surface area contributed by atoms with E-state index in [1.807, 2.05) is 121 Å². The third kappa shape index (κ3) is 14.7. The fourth-order valence-electron chi connectivity index (χ4n) is 7.85. The number of rotatable bonds is 26. The van der Waals surface area contributed by atoms with Gasteiger partial charge in [-0.25, -0.2) is 9.59 Å². The molecule has 0 aromatic heterocycles. The number of carbonyl (C=O) groups excluding carboxylic acids is 4. The van der Waals surface area contributed by atoms with Crippen LogP contribution in [0.25, 0.3) is 11.1 Å². The molecule has 0 heterocycles. The molecule has 0 radical (unpaired) electrons. The first-order chi connectivity index (χ1) is 32.2. The van der Waals surface area contributed by atoms with Gasteiger partial charge in [-0.3, -0.25) is 9.59 Å². The molecule has 1 aliphatic carbocycles. The van der Waals surface area contributed by atoms with E-state index in [1.54, 1.807) is 23.9 Å². The van der Waals surface area contributed by atoms with E-state index in [1.165, 1.54) is 0 Å². The first-order valence-electron chi connectivity index (χ1n) is 22.3. The first-order valence-corrected chi connectivity index (χ1v) is 23.5. The van der Waals surface area contributed by atoms with Gasteiger partial charge in [0.15, 0.2) is 0 Å². The van der Waals surface area contributed by atoms with Crippen molar-refractivity contribution in [3.8, 4) is 16.9 Å². The number of nitrogens with one attached hydrogen (secondary N) is 3. The molecule has 4 N–H and O–H groups in total. The first kappa shape index (κ1) is 48.8. The van der Waals surface area contributed by atoms with Crippen molar-refractivity contribution >= 4 is 35.6 Å². The Morgan fingerprint density at radius 1 is 0.697 bits per heavy atom. The second-order valence-corrected chi connectivity index (χ2v) is 17.2. The summed E-state index contributed by atoms with van der Waals surface area (Å²) in [5.74, 6) is -0.670. The van der Waals surface area contributed by atoms with Crippen LogP contribution in [-0.2, 0) is 42.6 Å². The minimum atomic E-state index is -1.03. The maximum absolute atomic E-state index is 13.9. The second-order valence-electron chi connectivity index (χ2n) is 16.2. The molecule has 0 aliphatic heterocycles. The number of allylic oxidation sites excluding steroid dienone is 2. The van der Waals surface area contributed by atoms with Crippen molar-refractivity contribution in [1.82, 2.24) is 16.0 Å². The van der Waals surface area contributed by atoms with Crippen LogP contribution in [0.1, 0.15) is 59.4 Å². The van der Waals surface area contributed by atoms with E-state index in [0.717, 1.165) is 38.9 Å². The van der Waals surface area contributed by atoms with Gasteiger partial charge in [0.2, 0.25) is 11.8 Å². The van der Waals surface area contributed by atoms with Crippen LogP contribution in [0.3, 0.4) is 0 Å². The molecular formula is C54H59N3O8S. The van der Waals surface area contributed by atoms with Crippen LogP contribution < -0.4 is 20.7 Å². The van der Waals surface area contributed by atoms with Crippen LogP contribution in [0.5, 0.6) is 5.75 Å². The SMILES string of the molecule is C=CCCC(NC(=O)OCC1c2ccccc2-c2ccccc21)C(=O)OCC(CSCc1ccccc1)NC(=O)C(CC=C)CC(=O)NC(CO)Cc1ccc(OCc2ccccc2)cc1. The monoisotopic (exact) mass is 909 g/mol. The molecule has 4 atom stereocenters. The quantitative estimate of drug-likeness (QED) is 0.0316. The highest BCUT2D eigenvalue weighted by Gasteiger charge is 2.31. The Kier molecular flexibility index (Phi) is 19.0.